The number of hydrogen-bond acceptors (Lipinski definition) is 7. The number of nitrogens with zero attached hydrogens (tertiary/aromatic N) is 4. The maximum atomic E-state index is 14.9. The predicted molar refractivity (Wildman–Crippen MR) is 112 cm³/mol. The molecule has 15 heteroatoms. The van der Waals surface area contributed by atoms with Gasteiger partial charge >= 0.3 is 12.2 Å². The zero-order valence-electron chi connectivity index (χ0n) is 17.8. The first kappa shape index (κ1) is 25.4. The van der Waals surface area contributed by atoms with Crippen molar-refractivity contribution in [1.82, 2.24) is 20.3 Å². The van der Waals surface area contributed by atoms with Crippen molar-refractivity contribution in [3.8, 4) is 5.88 Å². The number of likely N-dealkylation sites (N-methyl/N-ethyl adjacent to an activating group) is 1. The van der Waals surface area contributed by atoms with E-state index in [1.165, 1.54) is 12.1 Å². The van der Waals surface area contributed by atoms with Crippen LogP contribution in [-0.4, -0.2) is 64.0 Å². The summed E-state index contributed by atoms with van der Waals surface area (Å²) in [4.78, 5) is 34.1. The maximum absolute atomic E-state index is 14.9. The van der Waals surface area contributed by atoms with E-state index in [0.717, 1.165) is 4.90 Å². The molecule has 3 heterocycles. The van der Waals surface area contributed by atoms with Crippen LogP contribution in [0.1, 0.15) is 23.0 Å². The Kier molecular flexibility index (Phi) is 7.43. The standard InChI is InChI=1S/C19H19ClF4N6O4/c1-3-29-13(7-31)28-30(18(29)33)15-11(21)6-10(17(27-15)34-8-19(22,23)24)16(32)26-12-5-4-9(2)25-14(12)20/h4-6,13,28,31H,3,7-8H2,1-2H3,(H,26,32). The second kappa shape index (κ2) is 9.95. The lowest BCUT2D eigenvalue weighted by Crippen LogP contribution is -2.41. The molecular formula is C19H19ClF4N6O4. The summed E-state index contributed by atoms with van der Waals surface area (Å²) in [5.41, 5.74) is 2.38. The van der Waals surface area contributed by atoms with Crippen molar-refractivity contribution < 1.29 is 37.0 Å². The predicted octanol–water partition coefficient (Wildman–Crippen LogP) is 2.86. The molecule has 34 heavy (non-hydrogen) atoms. The summed E-state index contributed by atoms with van der Waals surface area (Å²) in [6.07, 6.45) is -5.71. The molecule has 1 saturated heterocycles. The molecule has 1 atom stereocenters. The van der Waals surface area contributed by atoms with E-state index in [1.54, 1.807) is 13.8 Å². The van der Waals surface area contributed by atoms with Crippen LogP contribution in [0.5, 0.6) is 5.88 Å². The Bertz CT molecular complexity index is 1100. The third-order valence-corrected chi connectivity index (χ3v) is 4.88. The molecule has 10 nitrogen and oxygen atoms in total. The van der Waals surface area contributed by atoms with Crippen LogP contribution in [0.25, 0.3) is 0 Å². The number of carbonyl (C=O) groups excluding carboxylic acids is 2. The van der Waals surface area contributed by atoms with Gasteiger partial charge in [0.2, 0.25) is 5.88 Å². The van der Waals surface area contributed by atoms with Gasteiger partial charge < -0.3 is 20.1 Å². The van der Waals surface area contributed by atoms with E-state index in [-0.39, 0.29) is 17.4 Å². The molecule has 2 aromatic heterocycles. The molecule has 184 valence electrons. The maximum Gasteiger partial charge on any atom is 0.422 e. The Hall–Kier alpha value is -3.23. The van der Waals surface area contributed by atoms with Gasteiger partial charge in [0.05, 0.1) is 12.3 Å². The van der Waals surface area contributed by atoms with E-state index in [0.29, 0.717) is 16.8 Å². The van der Waals surface area contributed by atoms with Crippen LogP contribution >= 0.6 is 11.6 Å². The first-order chi connectivity index (χ1) is 15.9. The molecule has 1 aliphatic heterocycles. The molecule has 0 aromatic carbocycles. The van der Waals surface area contributed by atoms with Crippen molar-refractivity contribution in [2.24, 2.45) is 0 Å². The number of hydrogen-bond donors (Lipinski definition) is 3. The third kappa shape index (κ3) is 5.46. The third-order valence-electron chi connectivity index (χ3n) is 4.59. The topological polar surface area (TPSA) is 120 Å². The highest BCUT2D eigenvalue weighted by Gasteiger charge is 2.39. The molecule has 0 aliphatic carbocycles. The van der Waals surface area contributed by atoms with Gasteiger partial charge in [0.25, 0.3) is 5.91 Å². The highest BCUT2D eigenvalue weighted by atomic mass is 35.5. The summed E-state index contributed by atoms with van der Waals surface area (Å²) < 4.78 is 58.0. The lowest BCUT2D eigenvalue weighted by Gasteiger charge is -2.19. The molecule has 3 N–H and O–H groups in total. The van der Waals surface area contributed by atoms with E-state index in [1.807, 2.05) is 0 Å². The van der Waals surface area contributed by atoms with E-state index in [4.69, 9.17) is 11.6 Å². The van der Waals surface area contributed by atoms with Crippen molar-refractivity contribution in [2.45, 2.75) is 26.2 Å². The fourth-order valence-electron chi connectivity index (χ4n) is 3.03. The average Bonchev–Trinajstić information content (AvgIpc) is 3.09. The Morgan fingerprint density at radius 3 is 2.62 bits per heavy atom. The number of nitrogens with one attached hydrogen (secondary N) is 2. The Labute approximate surface area is 195 Å². The van der Waals surface area contributed by atoms with E-state index < -0.39 is 60.6 Å². The first-order valence-electron chi connectivity index (χ1n) is 9.77. The van der Waals surface area contributed by atoms with Crippen LogP contribution in [-0.2, 0) is 0 Å². The van der Waals surface area contributed by atoms with Crippen LogP contribution < -0.4 is 20.5 Å². The van der Waals surface area contributed by atoms with Gasteiger partial charge in [0.15, 0.2) is 23.4 Å². The number of hydrazine groups is 1. The van der Waals surface area contributed by atoms with E-state index in [2.05, 4.69) is 25.4 Å². The summed E-state index contributed by atoms with van der Waals surface area (Å²) in [7, 11) is 0. The number of rotatable bonds is 7. The number of anilines is 2. The number of ether oxygens (including phenoxy) is 1. The number of aliphatic hydroxyl groups is 1. The lowest BCUT2D eigenvalue weighted by atomic mass is 10.2. The molecule has 3 rings (SSSR count). The largest absolute Gasteiger partial charge is 0.467 e. The number of carbonyl (C=O) groups is 2. The molecule has 2 aromatic rings. The highest BCUT2D eigenvalue weighted by Crippen LogP contribution is 2.30. The zero-order valence-corrected chi connectivity index (χ0v) is 18.5. The van der Waals surface area contributed by atoms with Gasteiger partial charge in [0.1, 0.15) is 11.7 Å². The Balaban J connectivity index is 2.00. The van der Waals surface area contributed by atoms with E-state index >= 15 is 0 Å². The number of aliphatic hydroxyl groups excluding tert-OH is 1. The quantitative estimate of drug-likeness (QED) is 0.390. The second-order valence-corrected chi connectivity index (χ2v) is 7.38. The number of aryl methyl sites for hydroxylation is 1. The van der Waals surface area contributed by atoms with Crippen molar-refractivity contribution in [1.29, 1.82) is 0 Å². The van der Waals surface area contributed by atoms with Gasteiger partial charge in [-0.25, -0.2) is 19.2 Å². The Morgan fingerprint density at radius 2 is 2.06 bits per heavy atom. The van der Waals surface area contributed by atoms with Crippen molar-refractivity contribution in [2.75, 3.05) is 30.1 Å². The minimum Gasteiger partial charge on any atom is -0.467 e. The van der Waals surface area contributed by atoms with Crippen LogP contribution in [0.3, 0.4) is 0 Å². The molecule has 0 radical (unpaired) electrons. The monoisotopic (exact) mass is 506 g/mol. The number of amides is 3. The SMILES string of the molecule is CCN1C(=O)N(c2nc(OCC(F)(F)F)c(C(=O)Nc3ccc(C)nc3Cl)cc2F)NC1CO. The molecule has 3 amide bonds. The smallest absolute Gasteiger partial charge is 0.422 e. The van der Waals surface area contributed by atoms with Gasteiger partial charge in [-0.05, 0) is 32.0 Å². The number of alkyl halides is 3. The average molecular weight is 507 g/mol. The normalized spacial score (nSPS) is 16.2. The molecule has 0 spiro atoms. The molecule has 1 aliphatic rings. The number of aromatic nitrogens is 2. The molecule has 1 fully saturated rings. The Morgan fingerprint density at radius 1 is 1.35 bits per heavy atom. The van der Waals surface area contributed by atoms with Gasteiger partial charge in [-0.2, -0.15) is 23.6 Å². The van der Waals surface area contributed by atoms with E-state index in [9.17, 15) is 32.3 Å². The summed E-state index contributed by atoms with van der Waals surface area (Å²) in [5.74, 6) is -3.92. The van der Waals surface area contributed by atoms with Crippen molar-refractivity contribution >= 4 is 35.0 Å². The van der Waals surface area contributed by atoms with Crippen LogP contribution in [0.4, 0.5) is 33.9 Å². The minimum atomic E-state index is -4.79. The van der Waals surface area contributed by atoms with Crippen molar-refractivity contribution in [3.05, 3.63) is 40.4 Å². The lowest BCUT2D eigenvalue weighted by molar-refractivity contribution is -0.154. The summed E-state index contributed by atoms with van der Waals surface area (Å²) in [6.45, 7) is 1.03. The molecule has 1 unspecified atom stereocenters. The highest BCUT2D eigenvalue weighted by molar-refractivity contribution is 6.32. The summed E-state index contributed by atoms with van der Waals surface area (Å²) in [5, 5.41) is 12.3. The second-order valence-electron chi connectivity index (χ2n) is 7.03. The first-order valence-corrected chi connectivity index (χ1v) is 10.1. The zero-order chi connectivity index (χ0) is 25.2. The number of halogens is 5. The fraction of sp³-hybridized carbons (Fsp3) is 0.368. The van der Waals surface area contributed by atoms with Gasteiger partial charge in [0, 0.05) is 12.2 Å². The van der Waals surface area contributed by atoms with Crippen LogP contribution in [0, 0.1) is 12.7 Å². The molecule has 0 saturated carbocycles. The summed E-state index contributed by atoms with van der Waals surface area (Å²) in [6, 6.07) is 2.69. The van der Waals surface area contributed by atoms with Crippen LogP contribution in [0.15, 0.2) is 18.2 Å². The number of pyridine rings is 2. The fourth-order valence-corrected chi connectivity index (χ4v) is 3.28. The molecule has 0 bridgehead atoms. The van der Waals surface area contributed by atoms with Crippen LogP contribution in [0.2, 0.25) is 5.15 Å². The number of urea groups is 1. The van der Waals surface area contributed by atoms with Crippen molar-refractivity contribution in [3.63, 3.8) is 0 Å². The minimum absolute atomic E-state index is 0.0179. The summed E-state index contributed by atoms with van der Waals surface area (Å²) >= 11 is 5.96. The van der Waals surface area contributed by atoms with Gasteiger partial charge in [-0.1, -0.05) is 11.6 Å². The van der Waals surface area contributed by atoms with Gasteiger partial charge in [-0.3, -0.25) is 4.79 Å². The van der Waals surface area contributed by atoms with Gasteiger partial charge in [-0.15, -0.1) is 0 Å². The molecular weight excluding hydrogens is 488 g/mol.